The zero-order valence-electron chi connectivity index (χ0n) is 14.5. The molecule has 0 amide bonds. The lowest BCUT2D eigenvalue weighted by Crippen LogP contribution is -2.20. The highest BCUT2D eigenvalue weighted by Gasteiger charge is 2.12. The third-order valence-corrected chi connectivity index (χ3v) is 5.77. The molecule has 0 saturated heterocycles. The van der Waals surface area contributed by atoms with E-state index in [1.807, 2.05) is 0 Å². The van der Waals surface area contributed by atoms with Crippen molar-refractivity contribution in [2.75, 3.05) is 10.5 Å². The van der Waals surface area contributed by atoms with E-state index in [0.29, 0.717) is 32.4 Å². The largest absolute Gasteiger partial charge is 0.336 e. The van der Waals surface area contributed by atoms with Gasteiger partial charge < -0.3 is 4.57 Å². The van der Waals surface area contributed by atoms with Crippen LogP contribution in [0.25, 0.3) is 21.7 Å². The lowest BCUT2D eigenvalue weighted by atomic mass is 10.1. The SMILES string of the molecule is O=c1c2cc(NS(=O)(=O)CCn3ccnc3)ccc2ccc2ncc(Cl)cc12. The Balaban J connectivity index is 1.71. The van der Waals surface area contributed by atoms with Crippen molar-refractivity contribution in [1.29, 1.82) is 0 Å². The van der Waals surface area contributed by atoms with Gasteiger partial charge in [0.25, 0.3) is 0 Å². The first kappa shape index (κ1) is 18.4. The molecule has 2 aromatic heterocycles. The molecule has 4 rings (SSSR count). The molecular weight excluding hydrogens is 400 g/mol. The minimum atomic E-state index is -3.59. The minimum Gasteiger partial charge on any atom is -0.336 e. The molecule has 9 heteroatoms. The number of halogens is 1. The first-order chi connectivity index (χ1) is 13.4. The summed E-state index contributed by atoms with van der Waals surface area (Å²) < 4.78 is 29.0. The van der Waals surface area contributed by atoms with Gasteiger partial charge in [0.05, 0.1) is 22.6 Å². The number of benzene rings is 1. The number of fused-ring (bicyclic) bond motifs is 2. The number of sulfonamides is 1. The van der Waals surface area contributed by atoms with Gasteiger partial charge in [0.2, 0.25) is 10.0 Å². The van der Waals surface area contributed by atoms with Crippen LogP contribution in [-0.2, 0) is 16.6 Å². The van der Waals surface area contributed by atoms with Gasteiger partial charge in [-0.05, 0) is 29.7 Å². The van der Waals surface area contributed by atoms with Crippen LogP contribution < -0.4 is 10.2 Å². The second-order valence-corrected chi connectivity index (χ2v) is 8.55. The summed E-state index contributed by atoms with van der Waals surface area (Å²) in [6.45, 7) is 0.277. The maximum absolute atomic E-state index is 13.0. The van der Waals surface area contributed by atoms with E-state index in [1.54, 1.807) is 53.6 Å². The molecule has 2 aromatic carbocycles. The lowest BCUT2D eigenvalue weighted by Gasteiger charge is -2.09. The average molecular weight is 415 g/mol. The van der Waals surface area contributed by atoms with Crippen molar-refractivity contribution >= 4 is 49.0 Å². The molecule has 0 bridgehead atoms. The number of nitrogens with zero attached hydrogens (tertiary/aromatic N) is 3. The fourth-order valence-electron chi connectivity index (χ4n) is 2.92. The zero-order chi connectivity index (χ0) is 19.7. The third-order valence-electron chi connectivity index (χ3n) is 4.30. The predicted molar refractivity (Wildman–Crippen MR) is 110 cm³/mol. The van der Waals surface area contributed by atoms with E-state index in [0.717, 1.165) is 0 Å². The van der Waals surface area contributed by atoms with Crippen molar-refractivity contribution in [3.63, 3.8) is 0 Å². The van der Waals surface area contributed by atoms with Gasteiger partial charge in [-0.3, -0.25) is 14.5 Å². The molecule has 2 heterocycles. The van der Waals surface area contributed by atoms with Crippen LogP contribution in [0, 0.1) is 0 Å². The van der Waals surface area contributed by atoms with E-state index in [1.165, 1.54) is 12.3 Å². The van der Waals surface area contributed by atoms with Crippen LogP contribution in [0.2, 0.25) is 5.02 Å². The smallest absolute Gasteiger partial charge is 0.234 e. The number of aryl methyl sites for hydroxylation is 1. The first-order valence-electron chi connectivity index (χ1n) is 8.40. The molecule has 28 heavy (non-hydrogen) atoms. The Morgan fingerprint density at radius 1 is 1.11 bits per heavy atom. The summed E-state index contributed by atoms with van der Waals surface area (Å²) in [6, 6.07) is 9.94. The quantitative estimate of drug-likeness (QED) is 0.541. The summed E-state index contributed by atoms with van der Waals surface area (Å²) in [7, 11) is -3.59. The normalized spacial score (nSPS) is 11.8. The van der Waals surface area contributed by atoms with Crippen molar-refractivity contribution in [1.82, 2.24) is 14.5 Å². The van der Waals surface area contributed by atoms with Crippen LogP contribution in [0.15, 0.2) is 66.1 Å². The first-order valence-corrected chi connectivity index (χ1v) is 10.4. The number of hydrogen-bond donors (Lipinski definition) is 1. The number of imidazole rings is 1. The van der Waals surface area contributed by atoms with Gasteiger partial charge in [-0.25, -0.2) is 13.4 Å². The highest BCUT2D eigenvalue weighted by molar-refractivity contribution is 7.92. The second-order valence-electron chi connectivity index (χ2n) is 6.27. The summed E-state index contributed by atoms with van der Waals surface area (Å²) in [5.74, 6) is -0.114. The molecule has 0 atom stereocenters. The molecule has 0 radical (unpaired) electrons. The molecule has 142 valence electrons. The molecule has 0 aliphatic carbocycles. The highest BCUT2D eigenvalue weighted by Crippen LogP contribution is 2.20. The standard InChI is InChI=1S/C19H15ClN4O3S/c20-14-9-17-18(22-11-14)4-2-13-1-3-15(10-16(13)19(17)25)23-28(26,27)8-7-24-6-5-21-12-24/h1-6,9-12,23H,7-8H2. The fourth-order valence-corrected chi connectivity index (χ4v) is 4.11. The average Bonchev–Trinajstić information content (AvgIpc) is 3.15. The molecule has 0 saturated carbocycles. The van der Waals surface area contributed by atoms with Crippen LogP contribution >= 0.6 is 11.6 Å². The van der Waals surface area contributed by atoms with E-state index in [9.17, 15) is 13.2 Å². The van der Waals surface area contributed by atoms with Gasteiger partial charge in [0.15, 0.2) is 5.43 Å². The highest BCUT2D eigenvalue weighted by atomic mass is 35.5. The van der Waals surface area contributed by atoms with Crippen molar-refractivity contribution in [2.45, 2.75) is 6.54 Å². The molecule has 0 aliphatic heterocycles. The molecule has 0 fully saturated rings. The Labute approximate surface area is 165 Å². The summed E-state index contributed by atoms with van der Waals surface area (Å²) in [5.41, 5.74) is 0.585. The van der Waals surface area contributed by atoms with Crippen molar-refractivity contribution in [3.05, 3.63) is 76.6 Å². The second kappa shape index (κ2) is 7.21. The Bertz CT molecular complexity index is 1340. The maximum Gasteiger partial charge on any atom is 0.234 e. The number of hydrogen-bond acceptors (Lipinski definition) is 5. The molecule has 1 N–H and O–H groups in total. The predicted octanol–water partition coefficient (Wildman–Crippen LogP) is 3.04. The van der Waals surface area contributed by atoms with Crippen LogP contribution in [-0.4, -0.2) is 28.7 Å². The van der Waals surface area contributed by atoms with Crippen molar-refractivity contribution < 1.29 is 8.42 Å². The van der Waals surface area contributed by atoms with Gasteiger partial charge in [0, 0.05) is 41.6 Å². The molecule has 0 aliphatic rings. The summed E-state index contributed by atoms with van der Waals surface area (Å²) in [5, 5.41) is 1.80. The summed E-state index contributed by atoms with van der Waals surface area (Å²) in [4.78, 5) is 21.0. The van der Waals surface area contributed by atoms with Gasteiger partial charge in [-0.1, -0.05) is 23.7 Å². The number of nitrogens with one attached hydrogen (secondary N) is 1. The number of anilines is 1. The van der Waals surface area contributed by atoms with E-state index in [-0.39, 0.29) is 17.7 Å². The van der Waals surface area contributed by atoms with E-state index in [2.05, 4.69) is 14.7 Å². The Morgan fingerprint density at radius 3 is 2.71 bits per heavy atom. The maximum atomic E-state index is 13.0. The van der Waals surface area contributed by atoms with Crippen LogP contribution in [0.1, 0.15) is 0 Å². The lowest BCUT2D eigenvalue weighted by molar-refractivity contribution is 0.594. The van der Waals surface area contributed by atoms with E-state index < -0.39 is 10.0 Å². The fraction of sp³-hybridized carbons (Fsp3) is 0.105. The molecule has 4 aromatic rings. The monoisotopic (exact) mass is 414 g/mol. The minimum absolute atomic E-state index is 0.114. The van der Waals surface area contributed by atoms with Crippen molar-refractivity contribution in [3.8, 4) is 0 Å². The topological polar surface area (TPSA) is 94.0 Å². The van der Waals surface area contributed by atoms with Gasteiger partial charge in [-0.2, -0.15) is 0 Å². The van der Waals surface area contributed by atoms with Crippen LogP contribution in [0.4, 0.5) is 5.69 Å². The Morgan fingerprint density at radius 2 is 1.93 bits per heavy atom. The summed E-state index contributed by atoms with van der Waals surface area (Å²) >= 11 is 5.98. The van der Waals surface area contributed by atoms with Gasteiger partial charge >= 0.3 is 0 Å². The molecular formula is C19H15ClN4O3S. The molecule has 0 unspecified atom stereocenters. The van der Waals surface area contributed by atoms with Gasteiger partial charge in [-0.15, -0.1) is 0 Å². The van der Waals surface area contributed by atoms with Crippen LogP contribution in [0.3, 0.4) is 0 Å². The van der Waals surface area contributed by atoms with Crippen LogP contribution in [0.5, 0.6) is 0 Å². The number of rotatable bonds is 5. The van der Waals surface area contributed by atoms with Gasteiger partial charge in [0.1, 0.15) is 0 Å². The molecule has 0 spiro atoms. The summed E-state index contributed by atoms with van der Waals surface area (Å²) in [6.07, 6.45) is 6.32. The van der Waals surface area contributed by atoms with E-state index in [4.69, 9.17) is 11.6 Å². The van der Waals surface area contributed by atoms with E-state index >= 15 is 0 Å². The number of pyridine rings is 1. The third kappa shape index (κ3) is 3.83. The Hall–Kier alpha value is -2.97. The number of aromatic nitrogens is 3. The molecule has 7 nitrogen and oxygen atoms in total. The zero-order valence-corrected chi connectivity index (χ0v) is 16.1. The van der Waals surface area contributed by atoms with Crippen molar-refractivity contribution in [2.24, 2.45) is 0 Å². The Kier molecular flexibility index (Phi) is 4.74.